The van der Waals surface area contributed by atoms with E-state index in [0.717, 1.165) is 18.4 Å². The fourth-order valence-electron chi connectivity index (χ4n) is 9.07. The number of rotatable bonds is 11. The molecule has 0 bridgehead atoms. The lowest BCUT2D eigenvalue weighted by molar-refractivity contribution is -0.120. The third-order valence-electron chi connectivity index (χ3n) is 11.7. The van der Waals surface area contributed by atoms with Gasteiger partial charge >= 0.3 is 0 Å². The van der Waals surface area contributed by atoms with Crippen LogP contribution in [0, 0.1) is 29.4 Å². The molecule has 322 valence electrons. The Balaban J connectivity index is 1.20. The van der Waals surface area contributed by atoms with Gasteiger partial charge in [0.1, 0.15) is 35.3 Å². The molecule has 1 saturated carbocycles. The van der Waals surface area contributed by atoms with Gasteiger partial charge in [0.15, 0.2) is 27.0 Å². The monoisotopic (exact) mass is 895 g/mol. The van der Waals surface area contributed by atoms with E-state index >= 15 is 8.78 Å². The Morgan fingerprint density at radius 3 is 2.53 bits per heavy atom. The number of pyridine rings is 1. The minimum absolute atomic E-state index is 0.0399. The van der Waals surface area contributed by atoms with Gasteiger partial charge in [-0.2, -0.15) is 19.0 Å². The Morgan fingerprint density at radius 1 is 1.06 bits per heavy atom. The van der Waals surface area contributed by atoms with E-state index in [-0.39, 0.29) is 46.1 Å². The molecule has 5 heterocycles. The number of Topliss-reactive ketones (excluding diaryl/α,β-unsaturated/α-hetero) is 1. The molecular formula is C43H36ClF6N7O4S. The predicted molar refractivity (Wildman–Crippen MR) is 214 cm³/mol. The van der Waals surface area contributed by atoms with E-state index in [0.29, 0.717) is 51.8 Å². The molecule has 4 aromatic heterocycles. The number of ether oxygens (including phenoxy) is 1. The maximum absolute atomic E-state index is 15.5. The van der Waals surface area contributed by atoms with Gasteiger partial charge < -0.3 is 9.30 Å². The molecule has 1 aliphatic heterocycles. The van der Waals surface area contributed by atoms with Crippen LogP contribution in [0.4, 0.5) is 26.3 Å². The Hall–Kier alpha value is -5.51. The Labute approximate surface area is 356 Å². The zero-order valence-corrected chi connectivity index (χ0v) is 34.8. The van der Waals surface area contributed by atoms with Crippen molar-refractivity contribution in [1.29, 1.82) is 0 Å². The molecule has 62 heavy (non-hydrogen) atoms. The van der Waals surface area contributed by atoms with Crippen molar-refractivity contribution in [2.45, 2.75) is 74.8 Å². The van der Waals surface area contributed by atoms with Gasteiger partial charge in [0.25, 0.3) is 12.3 Å². The van der Waals surface area contributed by atoms with Crippen molar-refractivity contribution < 1.29 is 44.3 Å². The summed E-state index contributed by atoms with van der Waals surface area (Å²) in [7, 11) is -1.98. The summed E-state index contributed by atoms with van der Waals surface area (Å²) in [6.45, 7) is 1.88. The zero-order chi connectivity index (χ0) is 44.0. The highest BCUT2D eigenvalue weighted by molar-refractivity contribution is 7.89. The number of imidazole rings is 1. The molecular weight excluding hydrogens is 860 g/mol. The highest BCUT2D eigenvalue weighted by Gasteiger charge is 2.67. The van der Waals surface area contributed by atoms with Crippen molar-refractivity contribution in [3.8, 4) is 23.0 Å². The number of sulfone groups is 1. The topological polar surface area (TPSA) is 127 Å². The number of benzene rings is 2. The smallest absolute Gasteiger partial charge is 0.293 e. The second-order valence-electron chi connectivity index (χ2n) is 16.3. The number of aromatic nitrogens is 7. The molecule has 1 fully saturated rings. The fourth-order valence-corrected chi connectivity index (χ4v) is 10.0. The molecule has 2 aliphatic carbocycles. The molecule has 9 rings (SSSR count). The van der Waals surface area contributed by atoms with E-state index in [4.69, 9.17) is 21.3 Å². The first-order valence-corrected chi connectivity index (χ1v) is 22.0. The van der Waals surface area contributed by atoms with Crippen molar-refractivity contribution in [2.75, 3.05) is 12.9 Å². The van der Waals surface area contributed by atoms with Gasteiger partial charge in [-0.15, -0.1) is 0 Å². The van der Waals surface area contributed by atoms with E-state index < -0.39 is 93.1 Å². The van der Waals surface area contributed by atoms with E-state index in [1.54, 1.807) is 44.4 Å². The Morgan fingerprint density at radius 2 is 1.81 bits per heavy atom. The van der Waals surface area contributed by atoms with E-state index in [9.17, 15) is 30.8 Å². The van der Waals surface area contributed by atoms with Crippen LogP contribution >= 0.6 is 11.6 Å². The van der Waals surface area contributed by atoms with Crippen molar-refractivity contribution in [3.63, 3.8) is 0 Å². The lowest BCUT2D eigenvalue weighted by atomic mass is 9.86. The van der Waals surface area contributed by atoms with E-state index in [2.05, 4.69) is 27.0 Å². The molecule has 2 aromatic carbocycles. The molecule has 4 atom stereocenters. The first-order chi connectivity index (χ1) is 29.3. The molecule has 0 N–H and O–H groups in total. The van der Waals surface area contributed by atoms with E-state index in [1.165, 1.54) is 4.68 Å². The van der Waals surface area contributed by atoms with Gasteiger partial charge in [-0.05, 0) is 67.5 Å². The van der Waals surface area contributed by atoms with E-state index in [1.807, 2.05) is 10.8 Å². The van der Waals surface area contributed by atoms with Gasteiger partial charge in [-0.1, -0.05) is 23.6 Å². The van der Waals surface area contributed by atoms with Crippen LogP contribution in [0.25, 0.3) is 22.0 Å². The summed E-state index contributed by atoms with van der Waals surface area (Å²) < 4.78 is 124. The molecule has 0 amide bonds. The second-order valence-corrected chi connectivity index (χ2v) is 18.8. The van der Waals surface area contributed by atoms with Gasteiger partial charge in [0.05, 0.1) is 34.3 Å². The van der Waals surface area contributed by atoms with Gasteiger partial charge in [0.2, 0.25) is 0 Å². The van der Waals surface area contributed by atoms with Crippen LogP contribution in [0.1, 0.15) is 83.4 Å². The van der Waals surface area contributed by atoms with Crippen LogP contribution in [0.3, 0.4) is 0 Å². The maximum atomic E-state index is 15.5. The average Bonchev–Trinajstić information content (AvgIpc) is 3.40. The number of halogens is 7. The summed E-state index contributed by atoms with van der Waals surface area (Å²) in [5.41, 5.74) is -0.938. The predicted octanol–water partition coefficient (Wildman–Crippen LogP) is 7.93. The SMILES string of the molecule is Cn1nc(CS(C)(=O)=O)c2c(Cl)ccc(-c3ccc(C#CC4(C)OCCn5ccnc54)nc3[C@@H](CC(=O)Cn3nc(C(F)F)c4c3C(F)(F)[C@@H]3C[C@H]43)Cc3cc(F)cc(F)c3)c21. The van der Waals surface area contributed by atoms with Crippen LogP contribution in [0.2, 0.25) is 5.02 Å². The maximum Gasteiger partial charge on any atom is 0.293 e. The number of carbonyl (C=O) groups excluding carboxylic acids is 1. The zero-order valence-electron chi connectivity index (χ0n) is 33.3. The van der Waals surface area contributed by atoms with Gasteiger partial charge in [-0.3, -0.25) is 14.2 Å². The molecule has 0 saturated heterocycles. The first kappa shape index (κ1) is 41.8. The van der Waals surface area contributed by atoms with Crippen LogP contribution in [0.15, 0.2) is 54.9 Å². The summed E-state index contributed by atoms with van der Waals surface area (Å²) in [5.74, 6) is -2.62. The molecule has 6 aromatic rings. The van der Waals surface area contributed by atoms with Crippen molar-refractivity contribution >= 4 is 38.1 Å². The lowest BCUT2D eigenvalue weighted by Gasteiger charge is -2.29. The van der Waals surface area contributed by atoms with Crippen LogP contribution in [-0.4, -0.2) is 61.2 Å². The summed E-state index contributed by atoms with van der Waals surface area (Å²) in [4.78, 5) is 23.6. The number of hydrogen-bond donors (Lipinski definition) is 0. The highest BCUT2D eigenvalue weighted by Crippen LogP contribution is 2.68. The lowest BCUT2D eigenvalue weighted by Crippen LogP contribution is -2.34. The second kappa shape index (κ2) is 15.1. The molecule has 11 nitrogen and oxygen atoms in total. The summed E-state index contributed by atoms with van der Waals surface area (Å²) in [5, 5.41) is 8.86. The third kappa shape index (κ3) is 7.47. The van der Waals surface area contributed by atoms with Crippen molar-refractivity contribution in [2.24, 2.45) is 13.0 Å². The molecule has 1 unspecified atom stereocenters. The minimum Gasteiger partial charge on any atom is -0.353 e. The van der Waals surface area contributed by atoms with Crippen LogP contribution in [-0.2, 0) is 63.2 Å². The average molecular weight is 896 g/mol. The normalized spacial score (nSPS) is 20.4. The number of carbonyl (C=O) groups is 1. The number of ketones is 1. The molecule has 3 aliphatic rings. The third-order valence-corrected chi connectivity index (χ3v) is 12.8. The standard InChI is InChI=1S/C43H36ClF6N7O4S/c1-42(41-51-10-11-56(41)12-13-61-42)9-8-26-4-5-28(29-6-7-32(44)35-33(21-62(3,59)60)53-55(2)38(29)35)36(52-26)23(14-22-15-24(45)18-25(46)16-22)17-27(58)20-57-39-34(37(54-57)40(47)48)30-19-31(30)43(39,49)50/h4-7,10-11,15-16,18,23,30-31,40H,12-14,17,19-21H2,1-3H3/t23-,30+,31-,42?/m1/s1. The van der Waals surface area contributed by atoms with Crippen LogP contribution in [0.5, 0.6) is 0 Å². The number of hydrogen-bond acceptors (Lipinski definition) is 8. The van der Waals surface area contributed by atoms with Crippen molar-refractivity contribution in [3.05, 3.63) is 117 Å². The fraction of sp³-hybridized carbons (Fsp3) is 0.372. The van der Waals surface area contributed by atoms with Crippen LogP contribution < -0.4 is 0 Å². The van der Waals surface area contributed by atoms with Crippen molar-refractivity contribution in [1.82, 2.24) is 34.1 Å². The molecule has 0 radical (unpaired) electrons. The summed E-state index contributed by atoms with van der Waals surface area (Å²) >= 11 is 6.70. The minimum atomic E-state index is -3.58. The molecule has 0 spiro atoms. The largest absolute Gasteiger partial charge is 0.353 e. The molecule has 19 heteroatoms. The van der Waals surface area contributed by atoms with Gasteiger partial charge in [-0.25, -0.2) is 35.9 Å². The summed E-state index contributed by atoms with van der Waals surface area (Å²) in [6, 6.07) is 9.38. The number of aryl methyl sites for hydroxylation is 1. The quantitative estimate of drug-likeness (QED) is 0.0949. The Kier molecular flexibility index (Phi) is 10.2. The number of fused-ring (bicyclic) bond motifs is 5. The van der Waals surface area contributed by atoms with Gasteiger partial charge in [0, 0.05) is 78.6 Å². The summed E-state index contributed by atoms with van der Waals surface area (Å²) in [6.07, 6.45) is 0.701. The highest BCUT2D eigenvalue weighted by atomic mass is 35.5. The number of nitrogens with zero attached hydrogens (tertiary/aromatic N) is 7. The Bertz CT molecular complexity index is 2990. The first-order valence-electron chi connectivity index (χ1n) is 19.6. The number of alkyl halides is 4.